The zero-order chi connectivity index (χ0) is 26.8. The van der Waals surface area contributed by atoms with E-state index in [1.165, 1.54) is 13.0 Å². The first kappa shape index (κ1) is 26.8. The fourth-order valence-corrected chi connectivity index (χ4v) is 7.17. The van der Waals surface area contributed by atoms with Crippen molar-refractivity contribution in [2.45, 2.75) is 95.8 Å². The number of nitrogens with one attached hydrogen (secondary N) is 1. The number of halogens is 3. The molecule has 4 rings (SSSR count). The van der Waals surface area contributed by atoms with Gasteiger partial charge in [-0.15, -0.1) is 0 Å². The van der Waals surface area contributed by atoms with Crippen molar-refractivity contribution in [1.29, 1.82) is 0 Å². The first-order valence-electron chi connectivity index (χ1n) is 12.1. The SMILES string of the molecule is Cc1ccc2[nH]cc(C(C)CC(=O)N3C(C)CC4(C)CC3CC(C)(O)C4)c2c1OS(=O)(=O)C(F)(F)F. The smallest absolute Gasteiger partial charge is 0.390 e. The Kier molecular flexibility index (Phi) is 6.43. The number of H-pyrrole nitrogens is 1. The van der Waals surface area contributed by atoms with Crippen molar-refractivity contribution in [2.24, 2.45) is 5.41 Å². The molecule has 2 bridgehead atoms. The summed E-state index contributed by atoms with van der Waals surface area (Å²) in [5.41, 5.74) is -5.33. The number of alkyl halides is 3. The van der Waals surface area contributed by atoms with Crippen LogP contribution in [0.5, 0.6) is 5.75 Å². The van der Waals surface area contributed by atoms with Gasteiger partial charge in [-0.3, -0.25) is 4.79 Å². The Bertz CT molecular complexity index is 1280. The van der Waals surface area contributed by atoms with E-state index in [0.29, 0.717) is 23.9 Å². The first-order valence-corrected chi connectivity index (χ1v) is 13.5. The molecule has 1 aliphatic heterocycles. The van der Waals surface area contributed by atoms with Crippen molar-refractivity contribution in [3.05, 3.63) is 29.5 Å². The number of benzene rings is 1. The second kappa shape index (κ2) is 8.65. The van der Waals surface area contributed by atoms with Gasteiger partial charge in [0.05, 0.1) is 5.60 Å². The first-order chi connectivity index (χ1) is 16.4. The van der Waals surface area contributed by atoms with E-state index in [2.05, 4.69) is 16.1 Å². The number of aromatic nitrogens is 1. The maximum Gasteiger partial charge on any atom is 0.534 e. The number of carbonyl (C=O) groups excluding carboxylic acids is 1. The molecule has 0 spiro atoms. The molecule has 5 atom stereocenters. The lowest BCUT2D eigenvalue weighted by Crippen LogP contribution is -2.60. The van der Waals surface area contributed by atoms with E-state index in [0.717, 1.165) is 12.8 Å². The molecule has 36 heavy (non-hydrogen) atoms. The monoisotopic (exact) mass is 530 g/mol. The molecule has 11 heteroatoms. The van der Waals surface area contributed by atoms with E-state index in [1.54, 1.807) is 19.2 Å². The molecule has 0 radical (unpaired) electrons. The van der Waals surface area contributed by atoms with Crippen molar-refractivity contribution < 1.29 is 35.7 Å². The largest absolute Gasteiger partial charge is 0.534 e. The molecule has 200 valence electrons. The number of piperidine rings is 1. The van der Waals surface area contributed by atoms with Gasteiger partial charge in [0, 0.05) is 35.6 Å². The van der Waals surface area contributed by atoms with Crippen molar-refractivity contribution in [3.8, 4) is 5.75 Å². The quantitative estimate of drug-likeness (QED) is 0.413. The maximum absolute atomic E-state index is 13.5. The van der Waals surface area contributed by atoms with Gasteiger partial charge in [0.25, 0.3) is 0 Å². The number of rotatable bonds is 5. The molecule has 2 fully saturated rings. The number of carbonyl (C=O) groups is 1. The minimum atomic E-state index is -5.87. The lowest BCUT2D eigenvalue weighted by atomic mass is 9.61. The van der Waals surface area contributed by atoms with Gasteiger partial charge in [-0.1, -0.05) is 19.9 Å². The van der Waals surface area contributed by atoms with E-state index >= 15 is 0 Å². The number of hydrogen-bond acceptors (Lipinski definition) is 5. The van der Waals surface area contributed by atoms with Crippen LogP contribution in [0.15, 0.2) is 18.3 Å². The van der Waals surface area contributed by atoms with Crippen molar-refractivity contribution in [3.63, 3.8) is 0 Å². The molecule has 7 nitrogen and oxygen atoms in total. The molecule has 1 amide bonds. The van der Waals surface area contributed by atoms with Gasteiger partial charge in [-0.05, 0) is 75.0 Å². The predicted octanol–water partition coefficient (Wildman–Crippen LogP) is 5.13. The average molecular weight is 531 g/mol. The standard InChI is InChI=1S/C25H33F3N2O5S/c1-14-6-7-19-21(22(14)35-36(33,34)25(26,27)28)18(12-29-19)15(2)8-20(31)30-16(3)9-23(4)10-17(30)11-24(5,32)13-23/h6-7,12,15-17,29,32H,8-11,13H2,1-5H3. The minimum absolute atomic E-state index is 0.00872. The maximum atomic E-state index is 13.5. The van der Waals surface area contributed by atoms with Crippen LogP contribution < -0.4 is 4.18 Å². The fraction of sp³-hybridized carbons (Fsp3) is 0.640. The van der Waals surface area contributed by atoms with Crippen LogP contribution in [0.2, 0.25) is 0 Å². The van der Waals surface area contributed by atoms with E-state index < -0.39 is 32.9 Å². The molecule has 1 aromatic heterocycles. The van der Waals surface area contributed by atoms with Crippen molar-refractivity contribution >= 4 is 26.9 Å². The number of fused-ring (bicyclic) bond motifs is 3. The van der Waals surface area contributed by atoms with Gasteiger partial charge < -0.3 is 19.2 Å². The summed E-state index contributed by atoms with van der Waals surface area (Å²) in [6, 6.07) is 3.00. The highest BCUT2D eigenvalue weighted by atomic mass is 32.2. The fourth-order valence-electron chi connectivity index (χ4n) is 6.64. The summed E-state index contributed by atoms with van der Waals surface area (Å²) in [5.74, 6) is -0.938. The van der Waals surface area contributed by atoms with Crippen LogP contribution in [0, 0.1) is 12.3 Å². The zero-order valence-electron chi connectivity index (χ0n) is 21.1. The van der Waals surface area contributed by atoms with Gasteiger partial charge in [-0.25, -0.2) is 0 Å². The summed E-state index contributed by atoms with van der Waals surface area (Å²) in [6.07, 6.45) is 4.43. The topological polar surface area (TPSA) is 99.7 Å². The number of amides is 1. The Hall–Kier alpha value is -2.27. The lowest BCUT2D eigenvalue weighted by molar-refractivity contribution is -0.154. The summed E-state index contributed by atoms with van der Waals surface area (Å²) in [5, 5.41) is 11.0. The van der Waals surface area contributed by atoms with Gasteiger partial charge in [0.2, 0.25) is 5.91 Å². The molecular weight excluding hydrogens is 497 g/mol. The Morgan fingerprint density at radius 1 is 1.28 bits per heavy atom. The van der Waals surface area contributed by atoms with E-state index in [-0.39, 0.29) is 40.8 Å². The van der Waals surface area contributed by atoms with Crippen molar-refractivity contribution in [2.75, 3.05) is 0 Å². The third-order valence-corrected chi connectivity index (χ3v) is 8.62. The highest BCUT2D eigenvalue weighted by Crippen LogP contribution is 2.50. The number of nitrogens with zero attached hydrogens (tertiary/aromatic N) is 1. The highest BCUT2D eigenvalue weighted by Gasteiger charge is 2.51. The second-order valence-electron chi connectivity index (χ2n) is 11.4. The van der Waals surface area contributed by atoms with Gasteiger partial charge >= 0.3 is 15.6 Å². The van der Waals surface area contributed by atoms with Crippen LogP contribution in [-0.4, -0.2) is 52.5 Å². The number of aryl methyl sites for hydroxylation is 1. The van der Waals surface area contributed by atoms with Crippen LogP contribution >= 0.6 is 0 Å². The number of hydrogen-bond donors (Lipinski definition) is 2. The van der Waals surface area contributed by atoms with Gasteiger partial charge in [-0.2, -0.15) is 21.6 Å². The molecule has 2 N–H and O–H groups in total. The normalized spacial score (nSPS) is 29.9. The summed E-state index contributed by atoms with van der Waals surface area (Å²) in [7, 11) is -5.87. The van der Waals surface area contributed by atoms with E-state index in [9.17, 15) is 31.5 Å². The molecule has 1 aromatic carbocycles. The number of aliphatic hydroxyl groups is 1. The van der Waals surface area contributed by atoms with Gasteiger partial charge in [0.1, 0.15) is 0 Å². The minimum Gasteiger partial charge on any atom is -0.390 e. The molecule has 2 aromatic rings. The summed E-state index contributed by atoms with van der Waals surface area (Å²) in [6.45, 7) is 9.22. The molecule has 1 saturated heterocycles. The molecule has 5 unspecified atom stereocenters. The average Bonchev–Trinajstić information content (AvgIpc) is 3.11. The molecule has 1 saturated carbocycles. The van der Waals surface area contributed by atoms with Crippen LogP contribution in [-0.2, 0) is 14.9 Å². The number of likely N-dealkylation sites (tertiary alicyclic amines) is 1. The van der Waals surface area contributed by atoms with Crippen LogP contribution in [0.25, 0.3) is 10.9 Å². The zero-order valence-corrected chi connectivity index (χ0v) is 21.9. The van der Waals surface area contributed by atoms with E-state index in [1.807, 2.05) is 18.7 Å². The Labute approximate surface area is 209 Å². The van der Waals surface area contributed by atoms with Crippen LogP contribution in [0.1, 0.15) is 76.8 Å². The Morgan fingerprint density at radius 2 is 1.94 bits per heavy atom. The highest BCUT2D eigenvalue weighted by molar-refractivity contribution is 7.88. The molecule has 1 aliphatic carbocycles. The second-order valence-corrected chi connectivity index (χ2v) is 12.9. The molecule has 2 aliphatic rings. The van der Waals surface area contributed by atoms with E-state index in [4.69, 9.17) is 0 Å². The Morgan fingerprint density at radius 3 is 2.58 bits per heavy atom. The third-order valence-electron chi connectivity index (χ3n) is 7.67. The Balaban J connectivity index is 1.63. The molecular formula is C25H33F3N2O5S. The lowest BCUT2D eigenvalue weighted by Gasteiger charge is -2.56. The predicted molar refractivity (Wildman–Crippen MR) is 129 cm³/mol. The van der Waals surface area contributed by atoms with Gasteiger partial charge in [0.15, 0.2) is 5.75 Å². The van der Waals surface area contributed by atoms with Crippen LogP contribution in [0.3, 0.4) is 0 Å². The molecule has 2 heterocycles. The summed E-state index contributed by atoms with van der Waals surface area (Å²) >= 11 is 0. The summed E-state index contributed by atoms with van der Waals surface area (Å²) < 4.78 is 67.3. The van der Waals surface area contributed by atoms with Crippen molar-refractivity contribution in [1.82, 2.24) is 9.88 Å². The summed E-state index contributed by atoms with van der Waals surface area (Å²) in [4.78, 5) is 18.4. The van der Waals surface area contributed by atoms with Crippen LogP contribution in [0.4, 0.5) is 13.2 Å². The number of aromatic amines is 1. The third kappa shape index (κ3) is 4.83.